The molecule has 35 heavy (non-hydrogen) atoms. The van der Waals surface area contributed by atoms with Gasteiger partial charge in [-0.3, -0.25) is 0 Å². The molecular weight excluding hydrogens is 434 g/mol. The quantitative estimate of drug-likeness (QED) is 0.499. The van der Waals surface area contributed by atoms with E-state index in [1.165, 1.54) is 22.3 Å². The standard InChI is InChI=1S/C29H40B2O4/c1-18(2)29(11)23-16-19(30-33-26(5,6)25(3,4)32)12-14-21(23)22-15-13-20(17-24(22)29)31-34-27(7,8)28(9,10)35-31/h12-17,30,32H,1H2,2-11H3. The first-order chi connectivity index (χ1) is 15.9. The summed E-state index contributed by atoms with van der Waals surface area (Å²) < 4.78 is 18.9. The Bertz CT molecular complexity index is 1160. The van der Waals surface area contributed by atoms with Crippen molar-refractivity contribution < 1.29 is 19.1 Å². The lowest BCUT2D eigenvalue weighted by Gasteiger charge is -2.37. The molecule has 186 valence electrons. The summed E-state index contributed by atoms with van der Waals surface area (Å²) >= 11 is 0. The third-order valence-corrected chi connectivity index (χ3v) is 8.95. The summed E-state index contributed by atoms with van der Waals surface area (Å²) in [5.41, 5.74) is 5.34. The minimum Gasteiger partial charge on any atom is -0.427 e. The van der Waals surface area contributed by atoms with Gasteiger partial charge in [-0.1, -0.05) is 54.0 Å². The Morgan fingerprint density at radius 1 is 0.914 bits per heavy atom. The molecule has 4 nitrogen and oxygen atoms in total. The van der Waals surface area contributed by atoms with Crippen LogP contribution >= 0.6 is 0 Å². The number of aliphatic hydroxyl groups is 1. The predicted molar refractivity (Wildman–Crippen MR) is 147 cm³/mol. The third-order valence-electron chi connectivity index (χ3n) is 8.95. The van der Waals surface area contributed by atoms with E-state index in [4.69, 9.17) is 14.0 Å². The summed E-state index contributed by atoms with van der Waals surface area (Å²) in [6, 6.07) is 13.1. The van der Waals surface area contributed by atoms with Gasteiger partial charge in [0.2, 0.25) is 0 Å². The van der Waals surface area contributed by atoms with Crippen molar-refractivity contribution in [2.24, 2.45) is 0 Å². The first-order valence-electron chi connectivity index (χ1n) is 12.6. The molecule has 1 heterocycles. The molecule has 1 fully saturated rings. The summed E-state index contributed by atoms with van der Waals surface area (Å²) in [7, 11) is 0.0166. The highest BCUT2D eigenvalue weighted by atomic mass is 16.7. The van der Waals surface area contributed by atoms with Gasteiger partial charge in [-0.25, -0.2) is 0 Å². The molecule has 4 rings (SSSR count). The smallest absolute Gasteiger partial charge is 0.427 e. The molecule has 1 atom stereocenters. The van der Waals surface area contributed by atoms with E-state index in [0.29, 0.717) is 7.48 Å². The fourth-order valence-corrected chi connectivity index (χ4v) is 4.71. The monoisotopic (exact) mass is 474 g/mol. The molecule has 1 aliphatic carbocycles. The number of allylic oxidation sites excluding steroid dienone is 1. The molecule has 1 aliphatic heterocycles. The highest BCUT2D eigenvalue weighted by molar-refractivity contribution is 6.62. The molecule has 6 heteroatoms. The van der Waals surface area contributed by atoms with E-state index in [1.807, 2.05) is 13.8 Å². The summed E-state index contributed by atoms with van der Waals surface area (Å²) in [5.74, 6) is 0. The van der Waals surface area contributed by atoms with Gasteiger partial charge in [0.05, 0.1) is 22.4 Å². The molecule has 1 unspecified atom stereocenters. The van der Waals surface area contributed by atoms with E-state index in [0.717, 1.165) is 16.5 Å². The predicted octanol–water partition coefficient (Wildman–Crippen LogP) is 4.39. The highest BCUT2D eigenvalue weighted by Crippen LogP contribution is 2.51. The Hall–Kier alpha value is -1.85. The van der Waals surface area contributed by atoms with Gasteiger partial charge in [0.15, 0.2) is 0 Å². The SMILES string of the molecule is C=C(C)C1(C)c2cc(BOC(C)(C)C(C)(C)O)ccc2-c2ccc(B3OC(C)(C)C(C)(C)O3)cc21. The molecule has 2 aromatic rings. The van der Waals surface area contributed by atoms with Crippen molar-refractivity contribution in [2.45, 2.75) is 97.1 Å². The van der Waals surface area contributed by atoms with Gasteiger partial charge < -0.3 is 19.1 Å². The van der Waals surface area contributed by atoms with Crippen LogP contribution in [0.5, 0.6) is 0 Å². The van der Waals surface area contributed by atoms with E-state index in [1.54, 1.807) is 13.8 Å². The van der Waals surface area contributed by atoms with Crippen molar-refractivity contribution in [1.29, 1.82) is 0 Å². The van der Waals surface area contributed by atoms with E-state index >= 15 is 0 Å². The van der Waals surface area contributed by atoms with E-state index in [-0.39, 0.29) is 16.6 Å². The fourth-order valence-electron chi connectivity index (χ4n) is 4.71. The maximum absolute atomic E-state index is 10.5. The molecular formula is C29H40B2O4. The van der Waals surface area contributed by atoms with Gasteiger partial charge in [-0.05, 0) is 97.0 Å². The molecule has 0 bridgehead atoms. The van der Waals surface area contributed by atoms with Crippen LogP contribution in [-0.2, 0) is 19.4 Å². The molecule has 2 aliphatic rings. The number of hydrogen-bond acceptors (Lipinski definition) is 4. The normalized spacial score (nSPS) is 22.7. The van der Waals surface area contributed by atoms with Crippen LogP contribution in [-0.4, -0.2) is 42.1 Å². The third kappa shape index (κ3) is 4.13. The maximum Gasteiger partial charge on any atom is 0.494 e. The maximum atomic E-state index is 10.5. The molecule has 0 aromatic heterocycles. The van der Waals surface area contributed by atoms with Crippen molar-refractivity contribution in [2.75, 3.05) is 0 Å². The van der Waals surface area contributed by atoms with Crippen LogP contribution in [0.15, 0.2) is 48.6 Å². The molecule has 2 aromatic carbocycles. The lowest BCUT2D eigenvalue weighted by Crippen LogP contribution is -2.49. The molecule has 1 saturated heterocycles. The molecule has 0 saturated carbocycles. The Kier molecular flexibility index (Phi) is 6.05. The first kappa shape index (κ1) is 26.2. The Labute approximate surface area is 212 Å². The summed E-state index contributed by atoms with van der Waals surface area (Å²) in [6.45, 7) is 24.5. The van der Waals surface area contributed by atoms with Crippen LogP contribution in [0.3, 0.4) is 0 Å². The Balaban J connectivity index is 1.71. The average molecular weight is 474 g/mol. The van der Waals surface area contributed by atoms with E-state index < -0.39 is 18.3 Å². The first-order valence-corrected chi connectivity index (χ1v) is 12.6. The van der Waals surface area contributed by atoms with Crippen molar-refractivity contribution in [3.63, 3.8) is 0 Å². The lowest BCUT2D eigenvalue weighted by atomic mass is 9.70. The molecule has 0 amide bonds. The van der Waals surface area contributed by atoms with Gasteiger partial charge in [-0.2, -0.15) is 0 Å². The number of fused-ring (bicyclic) bond motifs is 3. The second-order valence-electron chi connectivity index (χ2n) is 12.5. The zero-order valence-corrected chi connectivity index (χ0v) is 23.1. The number of benzene rings is 2. The molecule has 0 radical (unpaired) electrons. The topological polar surface area (TPSA) is 47.9 Å². The summed E-state index contributed by atoms with van der Waals surface area (Å²) in [6.07, 6.45) is 0. The Morgan fingerprint density at radius 2 is 1.43 bits per heavy atom. The largest absolute Gasteiger partial charge is 0.494 e. The van der Waals surface area contributed by atoms with Crippen molar-refractivity contribution in [3.8, 4) is 11.1 Å². The zero-order valence-electron chi connectivity index (χ0n) is 23.1. The Morgan fingerprint density at radius 3 is 1.94 bits per heavy atom. The van der Waals surface area contributed by atoms with Gasteiger partial charge in [-0.15, -0.1) is 0 Å². The van der Waals surface area contributed by atoms with Crippen LogP contribution in [0.25, 0.3) is 11.1 Å². The zero-order chi connectivity index (χ0) is 26.2. The van der Waals surface area contributed by atoms with E-state index in [9.17, 15) is 5.11 Å². The van der Waals surface area contributed by atoms with Crippen molar-refractivity contribution >= 4 is 25.5 Å². The molecule has 1 N–H and O–H groups in total. The number of hydrogen-bond donors (Lipinski definition) is 1. The van der Waals surface area contributed by atoms with Gasteiger partial charge in [0, 0.05) is 5.41 Å². The average Bonchev–Trinajstić information content (AvgIpc) is 3.12. The van der Waals surface area contributed by atoms with Gasteiger partial charge in [0.25, 0.3) is 0 Å². The van der Waals surface area contributed by atoms with Crippen LogP contribution in [0.2, 0.25) is 0 Å². The second kappa shape index (κ2) is 8.08. The second-order valence-corrected chi connectivity index (χ2v) is 12.5. The van der Waals surface area contributed by atoms with Crippen molar-refractivity contribution in [3.05, 3.63) is 59.7 Å². The van der Waals surface area contributed by atoms with Gasteiger partial charge in [0.1, 0.15) is 0 Å². The lowest BCUT2D eigenvalue weighted by molar-refractivity contribution is -0.0893. The van der Waals surface area contributed by atoms with E-state index in [2.05, 4.69) is 84.5 Å². The van der Waals surface area contributed by atoms with Crippen molar-refractivity contribution in [1.82, 2.24) is 0 Å². The van der Waals surface area contributed by atoms with Crippen LogP contribution in [0.1, 0.15) is 80.4 Å². The highest BCUT2D eigenvalue weighted by Gasteiger charge is 2.52. The minimum absolute atomic E-state index is 0.341. The minimum atomic E-state index is -0.948. The molecule has 0 spiro atoms. The van der Waals surface area contributed by atoms with Gasteiger partial charge >= 0.3 is 14.6 Å². The van der Waals surface area contributed by atoms with Crippen LogP contribution in [0.4, 0.5) is 0 Å². The number of rotatable bonds is 6. The fraction of sp³-hybridized carbons (Fsp3) is 0.517. The van der Waals surface area contributed by atoms with Crippen LogP contribution < -0.4 is 10.9 Å². The summed E-state index contributed by atoms with van der Waals surface area (Å²) in [5, 5.41) is 10.5. The summed E-state index contributed by atoms with van der Waals surface area (Å²) in [4.78, 5) is 0. The van der Waals surface area contributed by atoms with Crippen LogP contribution in [0, 0.1) is 0 Å².